The maximum absolute atomic E-state index is 11.8. The summed E-state index contributed by atoms with van der Waals surface area (Å²) in [6.45, 7) is 0. The summed E-state index contributed by atoms with van der Waals surface area (Å²) in [5.41, 5.74) is -0.0629. The van der Waals surface area contributed by atoms with Crippen LogP contribution >= 0.6 is 11.8 Å². The maximum atomic E-state index is 11.8. The minimum absolute atomic E-state index is 0.0629. The van der Waals surface area contributed by atoms with Gasteiger partial charge >= 0.3 is 0 Å². The van der Waals surface area contributed by atoms with Crippen molar-refractivity contribution in [2.24, 2.45) is 0 Å². The maximum Gasteiger partial charge on any atom is 0.294 e. The molecule has 2 rings (SSSR count). The van der Waals surface area contributed by atoms with Crippen molar-refractivity contribution in [2.75, 3.05) is 5.75 Å². The van der Waals surface area contributed by atoms with Gasteiger partial charge in [-0.3, -0.25) is 8.74 Å². The summed E-state index contributed by atoms with van der Waals surface area (Å²) < 4.78 is 47.7. The Morgan fingerprint density at radius 1 is 1.33 bits per heavy atom. The average molecular weight is 308 g/mol. The molecule has 1 aromatic carbocycles. The van der Waals surface area contributed by atoms with E-state index >= 15 is 0 Å². The molecule has 0 amide bonds. The van der Waals surface area contributed by atoms with E-state index in [1.165, 1.54) is 24.3 Å². The van der Waals surface area contributed by atoms with E-state index in [2.05, 4.69) is 0 Å². The van der Waals surface area contributed by atoms with E-state index in [9.17, 15) is 12.6 Å². The molecule has 1 saturated heterocycles. The summed E-state index contributed by atoms with van der Waals surface area (Å²) in [6.07, 6.45) is 1.92. The van der Waals surface area contributed by atoms with Crippen molar-refractivity contribution >= 4 is 33.0 Å². The molecule has 1 aliphatic rings. The molecular formula is C10H12O5S3. The van der Waals surface area contributed by atoms with Crippen LogP contribution in [0.2, 0.25) is 0 Å². The van der Waals surface area contributed by atoms with Crippen molar-refractivity contribution in [3.05, 3.63) is 24.3 Å². The zero-order valence-corrected chi connectivity index (χ0v) is 11.8. The average Bonchev–Trinajstić information content (AvgIpc) is 2.81. The van der Waals surface area contributed by atoms with Crippen molar-refractivity contribution in [1.29, 1.82) is 0 Å². The molecule has 1 N–H and O–H groups in total. The Bertz CT molecular complexity index is 531. The molecular weight excluding hydrogens is 296 g/mol. The third-order valence-corrected chi connectivity index (χ3v) is 5.68. The van der Waals surface area contributed by atoms with E-state index in [0.29, 0.717) is 4.90 Å². The molecule has 0 radical (unpaired) electrons. The smallest absolute Gasteiger partial charge is 0.282 e. The van der Waals surface area contributed by atoms with Crippen LogP contribution in [0.15, 0.2) is 34.1 Å². The van der Waals surface area contributed by atoms with Gasteiger partial charge in [0.2, 0.25) is 0 Å². The van der Waals surface area contributed by atoms with E-state index in [1.807, 2.05) is 0 Å². The van der Waals surface area contributed by atoms with Crippen LogP contribution < -0.4 is 0 Å². The lowest BCUT2D eigenvalue weighted by atomic mass is 10.4. The first kappa shape index (κ1) is 14.0. The molecule has 5 nitrogen and oxygen atoms in total. The molecule has 2 unspecified atom stereocenters. The predicted octanol–water partition coefficient (Wildman–Crippen LogP) is 1.83. The second-order valence-electron chi connectivity index (χ2n) is 3.72. The number of thioether (sulfide) groups is 1. The Morgan fingerprint density at radius 2 is 2.00 bits per heavy atom. The topological polar surface area (TPSA) is 80.7 Å². The van der Waals surface area contributed by atoms with Gasteiger partial charge in [-0.2, -0.15) is 8.42 Å². The van der Waals surface area contributed by atoms with Crippen LogP contribution in [0.3, 0.4) is 0 Å². The van der Waals surface area contributed by atoms with E-state index in [0.717, 1.165) is 18.6 Å². The Hall–Kier alpha value is -0.410. The summed E-state index contributed by atoms with van der Waals surface area (Å²) >= 11 is 0.0160. The Morgan fingerprint density at radius 3 is 2.50 bits per heavy atom. The van der Waals surface area contributed by atoms with Crippen LogP contribution in [0.5, 0.6) is 0 Å². The first-order chi connectivity index (χ1) is 8.47. The molecule has 1 aliphatic heterocycles. The normalized spacial score (nSPS) is 21.9. The van der Waals surface area contributed by atoms with Gasteiger partial charge in [-0.05, 0) is 42.9 Å². The fourth-order valence-electron chi connectivity index (χ4n) is 1.50. The molecule has 0 bridgehead atoms. The summed E-state index contributed by atoms with van der Waals surface area (Å²) in [4.78, 5) is 0.161. The fourth-order valence-corrected chi connectivity index (χ4v) is 4.11. The Kier molecular flexibility index (Phi) is 4.44. The molecule has 2 atom stereocenters. The molecule has 1 heterocycles. The summed E-state index contributed by atoms with van der Waals surface area (Å²) in [7, 11) is -4.21. The molecule has 0 aliphatic carbocycles. The minimum Gasteiger partial charge on any atom is -0.282 e. The van der Waals surface area contributed by atoms with Gasteiger partial charge in [0.05, 0.1) is 9.79 Å². The lowest BCUT2D eigenvalue weighted by molar-refractivity contribution is 0.313. The molecule has 0 saturated carbocycles. The van der Waals surface area contributed by atoms with Crippen LogP contribution in [0.4, 0.5) is 0 Å². The van der Waals surface area contributed by atoms with Gasteiger partial charge in [-0.25, -0.2) is 4.21 Å². The highest BCUT2D eigenvalue weighted by atomic mass is 32.2. The summed E-state index contributed by atoms with van der Waals surface area (Å²) in [5, 5.41) is 0. The monoisotopic (exact) mass is 308 g/mol. The van der Waals surface area contributed by atoms with Crippen LogP contribution in [0.25, 0.3) is 0 Å². The van der Waals surface area contributed by atoms with Crippen LogP contribution in [0, 0.1) is 0 Å². The van der Waals surface area contributed by atoms with Crippen LogP contribution in [-0.4, -0.2) is 28.4 Å². The third-order valence-electron chi connectivity index (χ3n) is 2.40. The van der Waals surface area contributed by atoms with E-state index in [4.69, 9.17) is 8.74 Å². The van der Waals surface area contributed by atoms with Gasteiger partial charge < -0.3 is 0 Å². The Labute approximate surface area is 112 Å². The molecule has 8 heteroatoms. The highest BCUT2D eigenvalue weighted by molar-refractivity contribution is 8.00. The van der Waals surface area contributed by atoms with E-state index in [-0.39, 0.29) is 10.3 Å². The van der Waals surface area contributed by atoms with Crippen molar-refractivity contribution in [2.45, 2.75) is 28.1 Å². The van der Waals surface area contributed by atoms with Gasteiger partial charge in [0.25, 0.3) is 10.1 Å². The second-order valence-corrected chi connectivity index (χ2v) is 7.54. The fraction of sp³-hybridized carbons (Fsp3) is 0.400. The van der Waals surface area contributed by atoms with Crippen LogP contribution in [-0.2, 0) is 25.4 Å². The number of benzene rings is 1. The molecule has 1 aromatic rings. The third kappa shape index (κ3) is 3.55. The number of hydrogen-bond acceptors (Lipinski definition) is 5. The summed E-state index contributed by atoms with van der Waals surface area (Å²) in [5.74, 6) is 1.00. The number of rotatable bonds is 4. The zero-order valence-electron chi connectivity index (χ0n) is 9.31. The highest BCUT2D eigenvalue weighted by Crippen LogP contribution is 2.29. The molecule has 18 heavy (non-hydrogen) atoms. The predicted molar refractivity (Wildman–Crippen MR) is 69.2 cm³/mol. The molecule has 0 spiro atoms. The first-order valence-electron chi connectivity index (χ1n) is 5.25. The van der Waals surface area contributed by atoms with E-state index in [1.54, 1.807) is 11.8 Å². The van der Waals surface area contributed by atoms with E-state index < -0.39 is 21.2 Å². The quantitative estimate of drug-likeness (QED) is 0.855. The first-order valence-corrected chi connectivity index (χ1v) is 8.81. The van der Waals surface area contributed by atoms with Gasteiger partial charge in [-0.15, -0.1) is 11.8 Å². The molecule has 0 aromatic heterocycles. The van der Waals surface area contributed by atoms with Gasteiger partial charge in [0.1, 0.15) is 5.44 Å². The Balaban J connectivity index is 2.07. The largest absolute Gasteiger partial charge is 0.294 e. The van der Waals surface area contributed by atoms with Gasteiger partial charge in [0.15, 0.2) is 11.1 Å². The van der Waals surface area contributed by atoms with Crippen molar-refractivity contribution < 1.29 is 21.4 Å². The second kappa shape index (κ2) is 5.70. The van der Waals surface area contributed by atoms with Gasteiger partial charge in [0, 0.05) is 0 Å². The zero-order chi connectivity index (χ0) is 13.2. The number of hydrogen-bond donors (Lipinski definition) is 1. The SMILES string of the molecule is O=S(OC1CCCS1)c1ccc(S(=O)(=O)O)cc1. The summed E-state index contributed by atoms with van der Waals surface area (Å²) in [6, 6.07) is 5.15. The highest BCUT2D eigenvalue weighted by Gasteiger charge is 2.20. The molecule has 1 fully saturated rings. The lowest BCUT2D eigenvalue weighted by Gasteiger charge is -2.09. The van der Waals surface area contributed by atoms with Crippen molar-refractivity contribution in [3.8, 4) is 0 Å². The van der Waals surface area contributed by atoms with Crippen molar-refractivity contribution in [3.63, 3.8) is 0 Å². The standard InChI is InChI=1S/C10H12O5S3/c11-17(15-10-2-1-7-16-10)8-3-5-9(6-4-8)18(12,13)14/h3-6,10H,1-2,7H2,(H,12,13,14). The van der Waals surface area contributed by atoms with Crippen LogP contribution in [0.1, 0.15) is 12.8 Å². The van der Waals surface area contributed by atoms with Gasteiger partial charge in [-0.1, -0.05) is 0 Å². The lowest BCUT2D eigenvalue weighted by Crippen LogP contribution is -2.07. The van der Waals surface area contributed by atoms with Crippen molar-refractivity contribution in [1.82, 2.24) is 0 Å². The minimum atomic E-state index is -4.21. The molecule has 100 valence electrons.